The molecule has 1 atom stereocenters. The average Bonchev–Trinajstić information content (AvgIpc) is 2.90. The quantitative estimate of drug-likeness (QED) is 0.815. The second-order valence-electron chi connectivity index (χ2n) is 5.11. The zero-order valence-corrected chi connectivity index (χ0v) is 13.9. The van der Waals surface area contributed by atoms with E-state index in [2.05, 4.69) is 15.6 Å². The summed E-state index contributed by atoms with van der Waals surface area (Å²) in [6.45, 7) is 1.98. The molecule has 0 unspecified atom stereocenters. The number of anilines is 1. The fourth-order valence-corrected chi connectivity index (χ4v) is 5.20. The van der Waals surface area contributed by atoms with Crippen LogP contribution >= 0.6 is 23.6 Å². The van der Waals surface area contributed by atoms with Gasteiger partial charge >= 0.3 is 0 Å². The second-order valence-corrected chi connectivity index (χ2v) is 8.99. The van der Waals surface area contributed by atoms with Crippen LogP contribution in [0.3, 0.4) is 0 Å². The molecule has 3 rings (SSSR count). The lowest BCUT2D eigenvalue weighted by molar-refractivity contribution is 0.600. The van der Waals surface area contributed by atoms with E-state index in [1.54, 1.807) is 11.3 Å². The van der Waals surface area contributed by atoms with Gasteiger partial charge in [0.25, 0.3) is 0 Å². The van der Waals surface area contributed by atoms with Gasteiger partial charge < -0.3 is 10.6 Å². The highest BCUT2D eigenvalue weighted by Crippen LogP contribution is 2.24. The molecule has 1 fully saturated rings. The maximum absolute atomic E-state index is 11.4. The number of fused-ring (bicyclic) bond motifs is 1. The molecule has 0 saturated carbocycles. The van der Waals surface area contributed by atoms with Crippen molar-refractivity contribution in [1.82, 2.24) is 10.3 Å². The van der Waals surface area contributed by atoms with Crippen LogP contribution in [0.4, 0.5) is 5.69 Å². The number of thiazole rings is 1. The molecule has 2 aromatic rings. The van der Waals surface area contributed by atoms with E-state index in [4.69, 9.17) is 12.2 Å². The molecule has 1 aromatic carbocycles. The third-order valence-corrected chi connectivity index (χ3v) is 6.24. The highest BCUT2D eigenvalue weighted by molar-refractivity contribution is 7.91. The molecule has 0 amide bonds. The topological polar surface area (TPSA) is 71.1 Å². The van der Waals surface area contributed by atoms with Crippen LogP contribution in [0.5, 0.6) is 0 Å². The van der Waals surface area contributed by atoms with Crippen LogP contribution in [0, 0.1) is 6.92 Å². The van der Waals surface area contributed by atoms with E-state index in [-0.39, 0.29) is 17.5 Å². The van der Waals surface area contributed by atoms with Gasteiger partial charge in [0.15, 0.2) is 14.9 Å². The maximum atomic E-state index is 11.4. The van der Waals surface area contributed by atoms with Crippen molar-refractivity contribution in [1.29, 1.82) is 0 Å². The van der Waals surface area contributed by atoms with Crippen LogP contribution in [0.15, 0.2) is 18.2 Å². The summed E-state index contributed by atoms with van der Waals surface area (Å²) >= 11 is 6.88. The molecule has 1 aliphatic rings. The van der Waals surface area contributed by atoms with Crippen molar-refractivity contribution < 1.29 is 8.42 Å². The number of aryl methyl sites for hydroxylation is 1. The summed E-state index contributed by atoms with van der Waals surface area (Å²) in [4.78, 5) is 4.41. The summed E-state index contributed by atoms with van der Waals surface area (Å²) in [5.74, 6) is 0.390. The number of nitrogens with zero attached hydrogens (tertiary/aromatic N) is 1. The summed E-state index contributed by atoms with van der Waals surface area (Å²) in [7, 11) is -2.90. The minimum absolute atomic E-state index is 0.0932. The predicted molar refractivity (Wildman–Crippen MR) is 90.8 cm³/mol. The molecule has 1 aliphatic heterocycles. The van der Waals surface area contributed by atoms with Gasteiger partial charge in [-0.25, -0.2) is 13.4 Å². The molecular weight excluding hydrogens is 326 g/mol. The van der Waals surface area contributed by atoms with Gasteiger partial charge in [-0.2, -0.15) is 0 Å². The Morgan fingerprint density at radius 2 is 2.29 bits per heavy atom. The molecular formula is C13H15N3O2S3. The van der Waals surface area contributed by atoms with Gasteiger partial charge in [0.05, 0.1) is 26.7 Å². The van der Waals surface area contributed by atoms with Crippen LogP contribution in [0.2, 0.25) is 0 Å². The number of rotatable bonds is 2. The highest BCUT2D eigenvalue weighted by atomic mass is 32.2. The first-order valence-corrected chi connectivity index (χ1v) is 9.61. The third-order valence-electron chi connectivity index (χ3n) is 3.32. The van der Waals surface area contributed by atoms with Crippen LogP contribution in [0.1, 0.15) is 11.4 Å². The van der Waals surface area contributed by atoms with Crippen molar-refractivity contribution >= 4 is 54.4 Å². The van der Waals surface area contributed by atoms with Crippen molar-refractivity contribution in [3.05, 3.63) is 23.2 Å². The first-order valence-electron chi connectivity index (χ1n) is 6.56. The average molecular weight is 341 g/mol. The molecule has 0 bridgehead atoms. The number of nitrogens with one attached hydrogen (secondary N) is 2. The third kappa shape index (κ3) is 3.50. The molecule has 21 heavy (non-hydrogen) atoms. The summed E-state index contributed by atoms with van der Waals surface area (Å²) in [6.07, 6.45) is 0.608. The summed E-state index contributed by atoms with van der Waals surface area (Å²) in [5.41, 5.74) is 1.85. The molecule has 0 radical (unpaired) electrons. The van der Waals surface area contributed by atoms with E-state index in [9.17, 15) is 8.42 Å². The Morgan fingerprint density at radius 1 is 1.48 bits per heavy atom. The van der Waals surface area contributed by atoms with Crippen LogP contribution in [-0.4, -0.2) is 36.1 Å². The monoisotopic (exact) mass is 341 g/mol. The highest BCUT2D eigenvalue weighted by Gasteiger charge is 2.28. The van der Waals surface area contributed by atoms with E-state index >= 15 is 0 Å². The fraction of sp³-hybridized carbons (Fsp3) is 0.385. The number of benzene rings is 1. The second kappa shape index (κ2) is 5.51. The normalized spacial score (nSPS) is 20.5. The maximum Gasteiger partial charge on any atom is 0.171 e. The number of sulfone groups is 1. The first kappa shape index (κ1) is 14.7. The van der Waals surface area contributed by atoms with Crippen LogP contribution < -0.4 is 10.6 Å². The Hall–Kier alpha value is -1.25. The van der Waals surface area contributed by atoms with Gasteiger partial charge in [-0.05, 0) is 43.8 Å². The van der Waals surface area contributed by atoms with E-state index in [1.807, 2.05) is 25.1 Å². The first-order chi connectivity index (χ1) is 9.91. The SMILES string of the molecule is Cc1nc2ccc(NC(=S)N[C@H]3CCS(=O)(=O)C3)cc2s1. The fourth-order valence-electron chi connectivity index (χ4n) is 2.38. The van der Waals surface area contributed by atoms with E-state index in [0.29, 0.717) is 11.5 Å². The molecule has 1 aromatic heterocycles. The number of thiocarbonyl (C=S) groups is 1. The van der Waals surface area contributed by atoms with Gasteiger partial charge in [-0.1, -0.05) is 0 Å². The van der Waals surface area contributed by atoms with E-state index in [0.717, 1.165) is 20.9 Å². The van der Waals surface area contributed by atoms with Gasteiger partial charge in [0, 0.05) is 11.7 Å². The lowest BCUT2D eigenvalue weighted by atomic mass is 10.3. The van der Waals surface area contributed by atoms with Crippen molar-refractivity contribution in [2.24, 2.45) is 0 Å². The van der Waals surface area contributed by atoms with Crippen molar-refractivity contribution in [3.8, 4) is 0 Å². The zero-order valence-electron chi connectivity index (χ0n) is 11.4. The van der Waals surface area contributed by atoms with Crippen LogP contribution in [0.25, 0.3) is 10.2 Å². The lowest BCUT2D eigenvalue weighted by Gasteiger charge is -2.14. The minimum atomic E-state index is -2.90. The molecule has 112 valence electrons. The molecule has 2 N–H and O–H groups in total. The van der Waals surface area contributed by atoms with Gasteiger partial charge in [0.2, 0.25) is 0 Å². The van der Waals surface area contributed by atoms with E-state index in [1.165, 1.54) is 0 Å². The molecule has 1 saturated heterocycles. The van der Waals surface area contributed by atoms with Gasteiger partial charge in [-0.3, -0.25) is 0 Å². The Morgan fingerprint density at radius 3 is 3.00 bits per heavy atom. The Labute approximate surface area is 132 Å². The lowest BCUT2D eigenvalue weighted by Crippen LogP contribution is -2.38. The van der Waals surface area contributed by atoms with Crippen molar-refractivity contribution in [2.75, 3.05) is 16.8 Å². The summed E-state index contributed by atoms with van der Waals surface area (Å²) in [5, 5.41) is 7.65. The van der Waals surface area contributed by atoms with Crippen molar-refractivity contribution in [3.63, 3.8) is 0 Å². The Bertz CT molecular complexity index is 798. The molecule has 0 aliphatic carbocycles. The summed E-state index contributed by atoms with van der Waals surface area (Å²) < 4.78 is 23.9. The van der Waals surface area contributed by atoms with Gasteiger partial charge in [-0.15, -0.1) is 11.3 Å². The smallest absolute Gasteiger partial charge is 0.171 e. The Balaban J connectivity index is 1.66. The largest absolute Gasteiger partial charge is 0.359 e. The van der Waals surface area contributed by atoms with E-state index < -0.39 is 9.84 Å². The summed E-state index contributed by atoms with van der Waals surface area (Å²) in [6, 6.07) is 5.77. The predicted octanol–water partition coefficient (Wildman–Crippen LogP) is 2.08. The molecule has 8 heteroatoms. The number of aromatic nitrogens is 1. The minimum Gasteiger partial charge on any atom is -0.359 e. The number of hydrogen-bond acceptors (Lipinski definition) is 5. The molecule has 5 nitrogen and oxygen atoms in total. The van der Waals surface area contributed by atoms with Gasteiger partial charge in [0.1, 0.15) is 0 Å². The Kier molecular flexibility index (Phi) is 3.85. The van der Waals surface area contributed by atoms with Crippen LogP contribution in [-0.2, 0) is 9.84 Å². The van der Waals surface area contributed by atoms with Crippen molar-refractivity contribution in [2.45, 2.75) is 19.4 Å². The standard InChI is InChI=1S/C13H15N3O2S3/c1-8-14-11-3-2-9(6-12(11)20-8)15-13(19)16-10-4-5-21(17,18)7-10/h2-3,6,10H,4-5,7H2,1H3,(H2,15,16,19)/t10-/m0/s1. The number of hydrogen-bond donors (Lipinski definition) is 2. The molecule has 0 spiro atoms. The molecule has 2 heterocycles. The zero-order chi connectivity index (χ0) is 15.0.